The SMILES string of the molecule is CC(C)C1=C2[C@H]3CC[C@@H]4[C@@]5(C)CC[C@H](OC(=O)CC(C)(C)C(=O)O)C(C)(C)[C@@H]5CC[C@@]4(C)[C@]3(C)CCC2(C(O)CN(CCN2CCOCC2)Cc2cccnc2)CC1=O. The van der Waals surface area contributed by atoms with E-state index in [0.717, 1.165) is 102 Å². The molecule has 1 aromatic heterocycles. The van der Waals surface area contributed by atoms with Gasteiger partial charge in [-0.2, -0.15) is 0 Å². The first kappa shape index (κ1) is 44.4. The number of pyridine rings is 1. The molecule has 6 aliphatic rings. The van der Waals surface area contributed by atoms with Gasteiger partial charge in [0.05, 0.1) is 31.2 Å². The number of nitrogens with zero attached hydrogens (tertiary/aromatic N) is 3. The number of carbonyl (C=O) groups is 3. The van der Waals surface area contributed by atoms with Gasteiger partial charge >= 0.3 is 11.9 Å². The number of ketones is 1. The fourth-order valence-corrected chi connectivity index (χ4v) is 14.4. The fourth-order valence-electron chi connectivity index (χ4n) is 14.4. The van der Waals surface area contributed by atoms with Crippen molar-refractivity contribution in [3.63, 3.8) is 0 Å². The zero-order valence-corrected chi connectivity index (χ0v) is 37.8. The number of allylic oxidation sites excluding steroid dienone is 1. The average molecular weight is 818 g/mol. The quantitative estimate of drug-likeness (QED) is 0.189. The Morgan fingerprint density at radius 2 is 1.73 bits per heavy atom. The van der Waals surface area contributed by atoms with Gasteiger partial charge in [-0.1, -0.05) is 60.1 Å². The Hall–Kier alpha value is -2.66. The lowest BCUT2D eigenvalue weighted by atomic mass is 9.33. The van der Waals surface area contributed by atoms with Crippen LogP contribution in [-0.4, -0.2) is 101 Å². The highest BCUT2D eigenvalue weighted by atomic mass is 16.5. The summed E-state index contributed by atoms with van der Waals surface area (Å²) in [5.74, 6) is 0.00584. The van der Waals surface area contributed by atoms with Crippen molar-refractivity contribution in [3.8, 4) is 0 Å². The van der Waals surface area contributed by atoms with E-state index in [-0.39, 0.29) is 51.8 Å². The first-order valence-electron chi connectivity index (χ1n) is 23.0. The largest absolute Gasteiger partial charge is 0.481 e. The van der Waals surface area contributed by atoms with Crippen LogP contribution < -0.4 is 0 Å². The maximum atomic E-state index is 14.4. The highest BCUT2D eigenvalue weighted by Gasteiger charge is 2.71. The zero-order chi connectivity index (χ0) is 42.8. The minimum Gasteiger partial charge on any atom is -0.481 e. The molecule has 1 aromatic rings. The van der Waals surface area contributed by atoms with Crippen molar-refractivity contribution in [2.45, 2.75) is 145 Å². The van der Waals surface area contributed by atoms with E-state index in [0.29, 0.717) is 31.3 Å². The second-order valence-corrected chi connectivity index (χ2v) is 22.1. The number of Topliss-reactive ketones (excluding diaryl/α,β-unsaturated/α-hetero) is 1. The number of aliphatic hydroxyl groups is 1. The fraction of sp³-hybridized carbons (Fsp3) is 0.796. The van der Waals surface area contributed by atoms with E-state index in [1.165, 1.54) is 5.57 Å². The van der Waals surface area contributed by atoms with Crippen LogP contribution in [0, 0.1) is 56.2 Å². The maximum absolute atomic E-state index is 14.4. The lowest BCUT2D eigenvalue weighted by Gasteiger charge is -2.72. The Morgan fingerprint density at radius 1 is 1.00 bits per heavy atom. The smallest absolute Gasteiger partial charge is 0.309 e. The Bertz CT molecular complexity index is 1770. The van der Waals surface area contributed by atoms with Crippen LogP contribution in [-0.2, 0) is 30.4 Å². The number of ether oxygens (including phenoxy) is 2. The minimum absolute atomic E-state index is 0.0329. The molecule has 9 atom stereocenters. The summed E-state index contributed by atoms with van der Waals surface area (Å²) in [4.78, 5) is 48.7. The minimum atomic E-state index is -1.17. The average Bonchev–Trinajstić information content (AvgIpc) is 3.49. The predicted molar refractivity (Wildman–Crippen MR) is 228 cm³/mol. The second-order valence-electron chi connectivity index (χ2n) is 22.1. The van der Waals surface area contributed by atoms with Crippen molar-refractivity contribution in [2.24, 2.45) is 56.2 Å². The Kier molecular flexibility index (Phi) is 12.2. The van der Waals surface area contributed by atoms with E-state index in [9.17, 15) is 24.6 Å². The van der Waals surface area contributed by atoms with Gasteiger partial charge in [0.1, 0.15) is 6.10 Å². The van der Waals surface area contributed by atoms with Gasteiger partial charge in [-0.15, -0.1) is 0 Å². The Balaban J connectivity index is 1.15. The second kappa shape index (κ2) is 16.2. The monoisotopic (exact) mass is 818 g/mol. The van der Waals surface area contributed by atoms with Crippen LogP contribution in [0.15, 0.2) is 35.7 Å². The van der Waals surface area contributed by atoms with Crippen molar-refractivity contribution in [1.82, 2.24) is 14.8 Å². The van der Waals surface area contributed by atoms with Crippen molar-refractivity contribution in [2.75, 3.05) is 45.9 Å². The van der Waals surface area contributed by atoms with Gasteiger partial charge in [-0.05, 0) is 122 Å². The summed E-state index contributed by atoms with van der Waals surface area (Å²) in [6.45, 7) is 26.1. The van der Waals surface area contributed by atoms with E-state index in [2.05, 4.69) is 69.3 Å². The van der Waals surface area contributed by atoms with E-state index < -0.39 is 28.9 Å². The first-order valence-corrected chi connectivity index (χ1v) is 23.0. The standard InChI is InChI=1S/C49H75N3O7/c1-32(2)41-35(53)27-49(38(54)31-52(30-33-11-10-20-50-29-33)22-21-51-23-25-58-26-24-51)19-18-47(8)34(42(41)49)12-13-37-46(7)16-15-39(59-40(55)28-44(3,4)43(56)57)45(5,6)36(46)14-17-48(37,47)9/h10-11,20,29,32,34,36-39,54H,12-19,21-28,30-31H2,1-9H3,(H,56,57)/t34-,36+,37-,38?,39+,46+,47-,48-,49?/m1/s1. The highest BCUT2D eigenvalue weighted by molar-refractivity contribution is 6.00. The summed E-state index contributed by atoms with van der Waals surface area (Å²) in [5.41, 5.74) is 1.51. The Morgan fingerprint density at radius 3 is 2.39 bits per heavy atom. The summed E-state index contributed by atoms with van der Waals surface area (Å²) in [6, 6.07) is 4.10. The molecule has 0 aromatic carbocycles. The molecule has 10 heteroatoms. The number of esters is 1. The number of aliphatic hydroxyl groups excluding tert-OH is 1. The molecule has 0 spiro atoms. The molecular formula is C49H75N3O7. The van der Waals surface area contributed by atoms with Gasteiger partial charge < -0.3 is 19.7 Å². The molecule has 59 heavy (non-hydrogen) atoms. The van der Waals surface area contributed by atoms with Gasteiger partial charge in [-0.25, -0.2) is 0 Å². The van der Waals surface area contributed by atoms with E-state index in [1.54, 1.807) is 13.8 Å². The highest BCUT2D eigenvalue weighted by Crippen LogP contribution is 2.77. The molecule has 5 fully saturated rings. The summed E-state index contributed by atoms with van der Waals surface area (Å²) >= 11 is 0. The third-order valence-electron chi connectivity index (χ3n) is 17.9. The molecule has 1 saturated heterocycles. The summed E-state index contributed by atoms with van der Waals surface area (Å²) in [5, 5.41) is 22.5. The molecule has 1 aliphatic heterocycles. The van der Waals surface area contributed by atoms with Crippen LogP contribution >= 0.6 is 0 Å². The number of fused-ring (bicyclic) bond motifs is 7. The van der Waals surface area contributed by atoms with Crippen LogP contribution in [0.2, 0.25) is 0 Å². The summed E-state index contributed by atoms with van der Waals surface area (Å²) in [6.07, 6.45) is 10.9. The van der Waals surface area contributed by atoms with Crippen molar-refractivity contribution >= 4 is 17.7 Å². The molecule has 4 saturated carbocycles. The summed E-state index contributed by atoms with van der Waals surface area (Å²) in [7, 11) is 0. The van der Waals surface area contributed by atoms with Gasteiger partial charge in [0.15, 0.2) is 5.78 Å². The molecule has 328 valence electrons. The summed E-state index contributed by atoms with van der Waals surface area (Å²) < 4.78 is 11.8. The van der Waals surface area contributed by atoms with E-state index in [4.69, 9.17) is 9.47 Å². The number of morpholine rings is 1. The molecule has 7 rings (SSSR count). The number of rotatable bonds is 13. The number of carbonyl (C=O) groups excluding carboxylic acids is 2. The zero-order valence-electron chi connectivity index (χ0n) is 37.8. The maximum Gasteiger partial charge on any atom is 0.309 e. The normalized spacial score (nSPS) is 36.4. The molecule has 5 aliphatic carbocycles. The van der Waals surface area contributed by atoms with E-state index in [1.807, 2.05) is 18.5 Å². The van der Waals surface area contributed by atoms with Crippen molar-refractivity contribution in [3.05, 3.63) is 41.2 Å². The molecule has 2 N–H and O–H groups in total. The molecule has 10 nitrogen and oxygen atoms in total. The van der Waals surface area contributed by atoms with Crippen LogP contribution in [0.1, 0.15) is 132 Å². The number of carboxylic acid groups (broad SMARTS) is 1. The van der Waals surface area contributed by atoms with Gasteiger partial charge in [-0.3, -0.25) is 29.2 Å². The lowest BCUT2D eigenvalue weighted by molar-refractivity contribution is -0.235. The molecule has 2 heterocycles. The Labute approximate surface area is 354 Å². The van der Waals surface area contributed by atoms with Crippen LogP contribution in [0.3, 0.4) is 0 Å². The topological polar surface area (TPSA) is 130 Å². The van der Waals surface area contributed by atoms with Gasteiger partial charge in [0.25, 0.3) is 0 Å². The number of aromatic nitrogens is 1. The number of aliphatic carboxylic acids is 1. The van der Waals surface area contributed by atoms with Gasteiger partial charge in [0, 0.05) is 68.9 Å². The van der Waals surface area contributed by atoms with Gasteiger partial charge in [0.2, 0.25) is 0 Å². The third-order valence-corrected chi connectivity index (χ3v) is 17.9. The van der Waals surface area contributed by atoms with Crippen LogP contribution in [0.4, 0.5) is 0 Å². The molecule has 0 bridgehead atoms. The van der Waals surface area contributed by atoms with Crippen LogP contribution in [0.25, 0.3) is 0 Å². The van der Waals surface area contributed by atoms with E-state index >= 15 is 0 Å². The predicted octanol–water partition coefficient (Wildman–Crippen LogP) is 7.97. The molecule has 2 unspecified atom stereocenters. The number of carboxylic acids is 1. The third kappa shape index (κ3) is 7.66. The lowest BCUT2D eigenvalue weighted by Crippen LogP contribution is -2.66. The molecule has 0 amide bonds. The molecule has 0 radical (unpaired) electrons. The van der Waals surface area contributed by atoms with Crippen molar-refractivity contribution in [1.29, 1.82) is 0 Å². The van der Waals surface area contributed by atoms with Crippen molar-refractivity contribution < 1.29 is 34.1 Å². The van der Waals surface area contributed by atoms with Crippen LogP contribution in [0.5, 0.6) is 0 Å². The first-order chi connectivity index (χ1) is 27.7. The molecular weight excluding hydrogens is 743 g/mol. The number of hydrogen-bond acceptors (Lipinski definition) is 9. The number of hydrogen-bond donors (Lipinski definition) is 2.